The van der Waals surface area contributed by atoms with Gasteiger partial charge < -0.3 is 5.73 Å². The van der Waals surface area contributed by atoms with Gasteiger partial charge in [-0.1, -0.05) is 24.3 Å². The number of para-hydroxylation sites is 1. The molecule has 0 fully saturated rings. The Morgan fingerprint density at radius 2 is 1.90 bits per heavy atom. The molecule has 1 atom stereocenters. The number of nitrogens with one attached hydrogen (secondary N) is 1. The first kappa shape index (κ1) is 15.0. The molecule has 21 heavy (non-hydrogen) atoms. The van der Waals surface area contributed by atoms with Crippen molar-refractivity contribution in [2.24, 2.45) is 5.73 Å². The van der Waals surface area contributed by atoms with E-state index in [1.807, 2.05) is 6.07 Å². The molecule has 0 saturated carbocycles. The van der Waals surface area contributed by atoms with Crippen LogP contribution in [0.1, 0.15) is 24.1 Å². The van der Waals surface area contributed by atoms with Crippen LogP contribution in [0.2, 0.25) is 0 Å². The summed E-state index contributed by atoms with van der Waals surface area (Å²) in [6.45, 7) is 1.78. The van der Waals surface area contributed by atoms with E-state index in [2.05, 4.69) is 4.72 Å². The lowest BCUT2D eigenvalue weighted by atomic mass is 10.1. The van der Waals surface area contributed by atoms with E-state index in [4.69, 9.17) is 11.0 Å². The van der Waals surface area contributed by atoms with Crippen molar-refractivity contribution in [1.82, 2.24) is 0 Å². The number of rotatable bonds is 4. The highest BCUT2D eigenvalue weighted by Gasteiger charge is 2.16. The molecule has 0 aliphatic carbocycles. The van der Waals surface area contributed by atoms with Crippen LogP contribution in [0.25, 0.3) is 0 Å². The molecule has 108 valence electrons. The van der Waals surface area contributed by atoms with Gasteiger partial charge in [0.1, 0.15) is 6.07 Å². The third-order valence-electron chi connectivity index (χ3n) is 2.99. The van der Waals surface area contributed by atoms with Crippen LogP contribution in [0.3, 0.4) is 0 Å². The van der Waals surface area contributed by atoms with E-state index >= 15 is 0 Å². The van der Waals surface area contributed by atoms with Crippen molar-refractivity contribution in [2.45, 2.75) is 17.9 Å². The molecule has 0 aliphatic rings. The minimum Gasteiger partial charge on any atom is -0.324 e. The first-order chi connectivity index (χ1) is 9.94. The highest BCUT2D eigenvalue weighted by molar-refractivity contribution is 7.92. The van der Waals surface area contributed by atoms with E-state index in [9.17, 15) is 8.42 Å². The molecule has 0 heterocycles. The van der Waals surface area contributed by atoms with Gasteiger partial charge in [0.15, 0.2) is 0 Å². The first-order valence-electron chi connectivity index (χ1n) is 6.31. The van der Waals surface area contributed by atoms with E-state index in [1.165, 1.54) is 12.1 Å². The summed E-state index contributed by atoms with van der Waals surface area (Å²) < 4.78 is 27.2. The molecule has 0 radical (unpaired) electrons. The maximum absolute atomic E-state index is 12.4. The molecule has 0 saturated heterocycles. The number of nitrogens with two attached hydrogens (primary N) is 1. The van der Waals surface area contributed by atoms with E-state index in [0.717, 1.165) is 5.56 Å². The Balaban J connectivity index is 2.39. The second kappa shape index (κ2) is 5.95. The predicted molar refractivity (Wildman–Crippen MR) is 81.0 cm³/mol. The van der Waals surface area contributed by atoms with Gasteiger partial charge in [-0.15, -0.1) is 0 Å². The van der Waals surface area contributed by atoms with Crippen LogP contribution in [-0.4, -0.2) is 8.42 Å². The summed E-state index contributed by atoms with van der Waals surface area (Å²) >= 11 is 0. The smallest absolute Gasteiger partial charge is 0.261 e. The quantitative estimate of drug-likeness (QED) is 0.906. The fourth-order valence-electron chi connectivity index (χ4n) is 1.84. The van der Waals surface area contributed by atoms with E-state index in [-0.39, 0.29) is 22.2 Å². The fraction of sp³-hybridized carbons (Fsp3) is 0.133. The first-order valence-corrected chi connectivity index (χ1v) is 7.80. The lowest BCUT2D eigenvalue weighted by Gasteiger charge is -2.11. The van der Waals surface area contributed by atoms with Crippen LogP contribution in [0.15, 0.2) is 53.4 Å². The maximum Gasteiger partial charge on any atom is 0.261 e. The zero-order valence-electron chi connectivity index (χ0n) is 11.4. The third kappa shape index (κ3) is 3.40. The fourth-order valence-corrected chi connectivity index (χ4v) is 2.97. The monoisotopic (exact) mass is 301 g/mol. The summed E-state index contributed by atoms with van der Waals surface area (Å²) in [5, 5.41) is 9.00. The second-order valence-electron chi connectivity index (χ2n) is 4.62. The number of benzene rings is 2. The average molecular weight is 301 g/mol. The minimum atomic E-state index is -3.76. The van der Waals surface area contributed by atoms with Gasteiger partial charge in [0, 0.05) is 6.04 Å². The molecule has 3 N–H and O–H groups in total. The number of hydrogen-bond donors (Lipinski definition) is 2. The Hall–Kier alpha value is -2.36. The van der Waals surface area contributed by atoms with Crippen molar-refractivity contribution in [3.8, 4) is 6.07 Å². The SMILES string of the molecule is CC(N)c1cccc(S(=O)(=O)Nc2ccccc2C#N)c1. The van der Waals surface area contributed by atoms with Crippen LogP contribution in [0.4, 0.5) is 5.69 Å². The average Bonchev–Trinajstić information content (AvgIpc) is 2.47. The predicted octanol–water partition coefficient (Wildman–Crippen LogP) is 2.38. The maximum atomic E-state index is 12.4. The van der Waals surface area contributed by atoms with Gasteiger partial charge in [-0.3, -0.25) is 4.72 Å². The summed E-state index contributed by atoms with van der Waals surface area (Å²) in [7, 11) is -3.76. The highest BCUT2D eigenvalue weighted by atomic mass is 32.2. The van der Waals surface area contributed by atoms with Crippen molar-refractivity contribution in [3.05, 3.63) is 59.7 Å². The van der Waals surface area contributed by atoms with E-state index in [1.54, 1.807) is 43.3 Å². The Morgan fingerprint density at radius 1 is 1.19 bits per heavy atom. The van der Waals surface area contributed by atoms with Crippen molar-refractivity contribution in [3.63, 3.8) is 0 Å². The van der Waals surface area contributed by atoms with Gasteiger partial charge in [-0.2, -0.15) is 5.26 Å². The molecule has 0 spiro atoms. The van der Waals surface area contributed by atoms with Crippen LogP contribution < -0.4 is 10.5 Å². The summed E-state index contributed by atoms with van der Waals surface area (Å²) in [5.74, 6) is 0. The minimum absolute atomic E-state index is 0.116. The van der Waals surface area contributed by atoms with Gasteiger partial charge in [0.2, 0.25) is 0 Å². The normalized spacial score (nSPS) is 12.4. The van der Waals surface area contributed by atoms with Crippen LogP contribution >= 0.6 is 0 Å². The van der Waals surface area contributed by atoms with Crippen LogP contribution in [0, 0.1) is 11.3 Å². The summed E-state index contributed by atoms with van der Waals surface area (Å²) in [6.07, 6.45) is 0. The molecular weight excluding hydrogens is 286 g/mol. The van der Waals surface area contributed by atoms with Crippen LogP contribution in [0.5, 0.6) is 0 Å². The Morgan fingerprint density at radius 3 is 2.57 bits per heavy atom. The number of nitriles is 1. The second-order valence-corrected chi connectivity index (χ2v) is 6.31. The Labute approximate surface area is 124 Å². The van der Waals surface area contributed by atoms with E-state index < -0.39 is 10.0 Å². The molecular formula is C15H15N3O2S. The number of anilines is 1. The van der Waals surface area contributed by atoms with E-state index in [0.29, 0.717) is 0 Å². The van der Waals surface area contributed by atoms with Gasteiger partial charge in [0.05, 0.1) is 16.1 Å². The summed E-state index contributed by atoms with van der Waals surface area (Å²) in [5.41, 5.74) is 7.02. The van der Waals surface area contributed by atoms with Gasteiger partial charge in [0.25, 0.3) is 10.0 Å². The van der Waals surface area contributed by atoms with Gasteiger partial charge in [-0.25, -0.2) is 8.42 Å². The Bertz CT molecular complexity index is 793. The number of sulfonamides is 1. The summed E-state index contributed by atoms with van der Waals surface area (Å²) in [4.78, 5) is 0.116. The van der Waals surface area contributed by atoms with Crippen molar-refractivity contribution in [1.29, 1.82) is 5.26 Å². The molecule has 0 aromatic heterocycles. The molecule has 5 nitrogen and oxygen atoms in total. The number of hydrogen-bond acceptors (Lipinski definition) is 4. The lowest BCUT2D eigenvalue weighted by Crippen LogP contribution is -2.15. The van der Waals surface area contributed by atoms with Gasteiger partial charge >= 0.3 is 0 Å². The van der Waals surface area contributed by atoms with Crippen molar-refractivity contribution < 1.29 is 8.42 Å². The lowest BCUT2D eigenvalue weighted by molar-refractivity contribution is 0.601. The topological polar surface area (TPSA) is 96.0 Å². The molecule has 6 heteroatoms. The molecule has 0 amide bonds. The molecule has 0 aliphatic heterocycles. The Kier molecular flexibility index (Phi) is 4.26. The number of nitrogens with zero attached hydrogens (tertiary/aromatic N) is 1. The molecule has 2 aromatic rings. The third-order valence-corrected chi connectivity index (χ3v) is 4.35. The molecule has 0 bridgehead atoms. The standard InChI is InChI=1S/C15H15N3O2S/c1-11(17)12-6-4-7-14(9-12)21(19,20)18-15-8-3-2-5-13(15)10-16/h2-9,11,18H,17H2,1H3. The summed E-state index contributed by atoms with van der Waals surface area (Å²) in [6, 6.07) is 14.6. The largest absolute Gasteiger partial charge is 0.324 e. The molecule has 1 unspecified atom stereocenters. The van der Waals surface area contributed by atoms with Crippen molar-refractivity contribution >= 4 is 15.7 Å². The zero-order valence-corrected chi connectivity index (χ0v) is 12.3. The van der Waals surface area contributed by atoms with Gasteiger partial charge in [-0.05, 0) is 36.8 Å². The highest BCUT2D eigenvalue weighted by Crippen LogP contribution is 2.21. The molecule has 2 aromatic carbocycles. The zero-order chi connectivity index (χ0) is 15.5. The molecule has 2 rings (SSSR count). The van der Waals surface area contributed by atoms with Crippen molar-refractivity contribution in [2.75, 3.05) is 4.72 Å². The van der Waals surface area contributed by atoms with Crippen LogP contribution in [-0.2, 0) is 10.0 Å².